The van der Waals surface area contributed by atoms with E-state index in [2.05, 4.69) is 6.08 Å². The summed E-state index contributed by atoms with van der Waals surface area (Å²) in [4.78, 5) is 0. The average Bonchev–Trinajstić information content (AvgIpc) is 3.32. The molecule has 4 aliphatic rings. The van der Waals surface area contributed by atoms with Crippen LogP contribution in [-0.2, 0) is 0 Å². The van der Waals surface area contributed by atoms with Crippen LogP contribution in [0.4, 0.5) is 0 Å². The molecule has 0 aliphatic heterocycles. The highest BCUT2D eigenvalue weighted by Gasteiger charge is 2.46. The van der Waals surface area contributed by atoms with E-state index in [9.17, 15) is 0 Å². The van der Waals surface area contributed by atoms with Crippen LogP contribution in [0.5, 0.6) is 0 Å². The summed E-state index contributed by atoms with van der Waals surface area (Å²) >= 11 is 0. The Bertz CT molecular complexity index is 381. The zero-order chi connectivity index (χ0) is 13.5. The van der Waals surface area contributed by atoms with Crippen LogP contribution in [0.2, 0.25) is 0 Å². The van der Waals surface area contributed by atoms with E-state index >= 15 is 0 Å². The van der Waals surface area contributed by atoms with Crippen molar-refractivity contribution >= 4 is 0 Å². The van der Waals surface area contributed by atoms with Crippen LogP contribution in [0.1, 0.15) is 70.6 Å². The summed E-state index contributed by atoms with van der Waals surface area (Å²) < 4.78 is 0. The summed E-state index contributed by atoms with van der Waals surface area (Å²) in [7, 11) is 0. The third kappa shape index (κ3) is 2.98. The molecule has 3 fully saturated rings. The smallest absolute Gasteiger partial charge is 0.00725 e. The van der Waals surface area contributed by atoms with Crippen molar-refractivity contribution in [2.45, 2.75) is 76.7 Å². The minimum absolute atomic E-state index is 0.528. The van der Waals surface area contributed by atoms with Gasteiger partial charge in [-0.15, -0.1) is 0 Å². The van der Waals surface area contributed by atoms with Crippen molar-refractivity contribution in [3.05, 3.63) is 11.6 Å². The van der Waals surface area contributed by atoms with E-state index in [1.807, 2.05) is 0 Å². The summed E-state index contributed by atoms with van der Waals surface area (Å²) in [5.74, 6) is 4.94. The van der Waals surface area contributed by atoms with Crippen LogP contribution >= 0.6 is 0 Å². The summed E-state index contributed by atoms with van der Waals surface area (Å²) in [5.41, 5.74) is 8.33. The molecule has 0 spiro atoms. The molecule has 112 valence electrons. The van der Waals surface area contributed by atoms with E-state index < -0.39 is 0 Å². The quantitative estimate of drug-likeness (QED) is 0.724. The first-order valence-corrected chi connectivity index (χ1v) is 9.23. The predicted molar refractivity (Wildman–Crippen MR) is 84.3 cm³/mol. The standard InChI is InChI=1S/C19H31N/c20-19-11-15(9-14-5-6-14)7-8-17(19)18-12-16(18)10-13-3-1-2-4-13/h3,14-19H,1-2,4-12,20H2/t15?,16-,17?,18?,19?/m0/s1. The lowest BCUT2D eigenvalue weighted by atomic mass is 9.74. The van der Waals surface area contributed by atoms with E-state index in [-0.39, 0.29) is 0 Å². The maximum Gasteiger partial charge on any atom is 0.00725 e. The zero-order valence-electron chi connectivity index (χ0n) is 12.9. The molecule has 5 atom stereocenters. The molecule has 1 nitrogen and oxygen atoms in total. The van der Waals surface area contributed by atoms with Crippen LogP contribution in [0.3, 0.4) is 0 Å². The van der Waals surface area contributed by atoms with Crippen LogP contribution < -0.4 is 5.73 Å². The Morgan fingerprint density at radius 2 is 1.85 bits per heavy atom. The molecular weight excluding hydrogens is 242 g/mol. The molecule has 0 heterocycles. The SMILES string of the molecule is NC1CC(CC2CC2)CCC1C1C[C@@H]1CC1=CCCC1. The lowest BCUT2D eigenvalue weighted by Crippen LogP contribution is -2.38. The van der Waals surface area contributed by atoms with Gasteiger partial charge in [0.05, 0.1) is 0 Å². The highest BCUT2D eigenvalue weighted by Crippen LogP contribution is 2.53. The van der Waals surface area contributed by atoms with Crippen molar-refractivity contribution in [2.75, 3.05) is 0 Å². The van der Waals surface area contributed by atoms with E-state index in [0.29, 0.717) is 6.04 Å². The topological polar surface area (TPSA) is 26.0 Å². The fraction of sp³-hybridized carbons (Fsp3) is 0.895. The summed E-state index contributed by atoms with van der Waals surface area (Å²) in [6.07, 6.45) is 18.4. The van der Waals surface area contributed by atoms with Gasteiger partial charge in [0.2, 0.25) is 0 Å². The molecule has 4 unspecified atom stereocenters. The molecule has 20 heavy (non-hydrogen) atoms. The fourth-order valence-electron chi connectivity index (χ4n) is 5.18. The molecule has 2 N–H and O–H groups in total. The Labute approximate surface area is 124 Å². The Hall–Kier alpha value is -0.300. The summed E-state index contributed by atoms with van der Waals surface area (Å²) in [6, 6.07) is 0.528. The molecule has 0 aromatic carbocycles. The Morgan fingerprint density at radius 3 is 2.55 bits per heavy atom. The van der Waals surface area contributed by atoms with Gasteiger partial charge in [-0.2, -0.15) is 0 Å². The van der Waals surface area contributed by atoms with Crippen molar-refractivity contribution in [2.24, 2.45) is 35.3 Å². The highest BCUT2D eigenvalue weighted by atomic mass is 14.7. The summed E-state index contributed by atoms with van der Waals surface area (Å²) in [5, 5.41) is 0. The van der Waals surface area contributed by atoms with Crippen LogP contribution in [0.25, 0.3) is 0 Å². The molecule has 0 aromatic heterocycles. The van der Waals surface area contributed by atoms with Crippen molar-refractivity contribution in [3.8, 4) is 0 Å². The first-order chi connectivity index (χ1) is 9.79. The molecular formula is C19H31N. The predicted octanol–water partition coefficient (Wildman–Crippen LogP) is 4.67. The maximum absolute atomic E-state index is 6.56. The summed E-state index contributed by atoms with van der Waals surface area (Å²) in [6.45, 7) is 0. The molecule has 0 radical (unpaired) electrons. The fourth-order valence-corrected chi connectivity index (χ4v) is 5.18. The number of allylic oxidation sites excluding steroid dienone is 2. The van der Waals surface area contributed by atoms with Gasteiger partial charge in [0, 0.05) is 6.04 Å². The Balaban J connectivity index is 1.25. The lowest BCUT2D eigenvalue weighted by Gasteiger charge is -2.34. The first kappa shape index (κ1) is 13.4. The second-order valence-corrected chi connectivity index (χ2v) is 8.30. The maximum atomic E-state index is 6.56. The number of hydrogen-bond acceptors (Lipinski definition) is 1. The van der Waals surface area contributed by atoms with Gasteiger partial charge in [0.1, 0.15) is 0 Å². The van der Waals surface area contributed by atoms with Crippen molar-refractivity contribution in [1.82, 2.24) is 0 Å². The van der Waals surface area contributed by atoms with Crippen LogP contribution in [0, 0.1) is 29.6 Å². The average molecular weight is 273 g/mol. The van der Waals surface area contributed by atoms with Gasteiger partial charge in [-0.25, -0.2) is 0 Å². The van der Waals surface area contributed by atoms with Crippen molar-refractivity contribution in [3.63, 3.8) is 0 Å². The first-order valence-electron chi connectivity index (χ1n) is 9.23. The van der Waals surface area contributed by atoms with Gasteiger partial charge in [0.25, 0.3) is 0 Å². The minimum atomic E-state index is 0.528. The Morgan fingerprint density at radius 1 is 1.00 bits per heavy atom. The van der Waals surface area contributed by atoms with Gasteiger partial charge in [-0.1, -0.05) is 30.9 Å². The molecule has 0 amide bonds. The monoisotopic (exact) mass is 273 g/mol. The molecule has 0 aromatic rings. The van der Waals surface area contributed by atoms with E-state index in [1.54, 1.807) is 5.57 Å². The molecule has 1 heteroatoms. The molecule has 4 rings (SSSR count). The number of hydrogen-bond donors (Lipinski definition) is 1. The number of nitrogens with two attached hydrogens (primary N) is 1. The van der Waals surface area contributed by atoms with E-state index in [0.717, 1.165) is 29.6 Å². The van der Waals surface area contributed by atoms with Gasteiger partial charge >= 0.3 is 0 Å². The molecule has 3 saturated carbocycles. The lowest BCUT2D eigenvalue weighted by molar-refractivity contribution is 0.197. The normalized spacial score (nSPS) is 44.5. The molecule has 4 aliphatic carbocycles. The largest absolute Gasteiger partial charge is 0.327 e. The second kappa shape index (κ2) is 5.48. The van der Waals surface area contributed by atoms with Gasteiger partial charge in [-0.3, -0.25) is 0 Å². The second-order valence-electron chi connectivity index (χ2n) is 8.30. The van der Waals surface area contributed by atoms with E-state index in [4.69, 9.17) is 5.73 Å². The van der Waals surface area contributed by atoms with Crippen LogP contribution in [0.15, 0.2) is 11.6 Å². The number of rotatable bonds is 5. The van der Waals surface area contributed by atoms with E-state index in [1.165, 1.54) is 70.6 Å². The highest BCUT2D eigenvalue weighted by molar-refractivity contribution is 5.12. The van der Waals surface area contributed by atoms with Gasteiger partial charge in [-0.05, 0) is 81.0 Å². The van der Waals surface area contributed by atoms with Gasteiger partial charge < -0.3 is 5.73 Å². The molecule has 0 saturated heterocycles. The third-order valence-electron chi connectivity index (χ3n) is 6.61. The van der Waals surface area contributed by atoms with Crippen molar-refractivity contribution < 1.29 is 0 Å². The minimum Gasteiger partial charge on any atom is -0.327 e. The Kier molecular flexibility index (Phi) is 3.66. The third-order valence-corrected chi connectivity index (χ3v) is 6.61. The van der Waals surface area contributed by atoms with Crippen LogP contribution in [-0.4, -0.2) is 6.04 Å². The van der Waals surface area contributed by atoms with Crippen molar-refractivity contribution in [1.29, 1.82) is 0 Å². The zero-order valence-corrected chi connectivity index (χ0v) is 12.9. The van der Waals surface area contributed by atoms with Gasteiger partial charge in [0.15, 0.2) is 0 Å². The molecule has 0 bridgehead atoms.